The molecule has 0 atom stereocenters. The number of Topliss-reactive ketones (excluding diaryl/α,β-unsaturated/α-hetero) is 1. The number of anilines is 1. The molecule has 0 aromatic heterocycles. The van der Waals surface area contributed by atoms with E-state index in [0.29, 0.717) is 23.4 Å². The predicted molar refractivity (Wildman–Crippen MR) is 120 cm³/mol. The van der Waals surface area contributed by atoms with Crippen LogP contribution in [-0.4, -0.2) is 50.6 Å². The summed E-state index contributed by atoms with van der Waals surface area (Å²) in [4.78, 5) is 15.2. The molecule has 162 valence electrons. The maximum absolute atomic E-state index is 12.8. The molecule has 2 aromatic carbocycles. The van der Waals surface area contributed by atoms with Crippen molar-refractivity contribution in [3.63, 3.8) is 0 Å². The number of carbonyl (C=O) groups is 1. The molecule has 30 heavy (non-hydrogen) atoms. The van der Waals surface area contributed by atoms with Gasteiger partial charge in [0.15, 0.2) is 5.78 Å². The van der Waals surface area contributed by atoms with Crippen LogP contribution in [0.3, 0.4) is 0 Å². The van der Waals surface area contributed by atoms with Crippen molar-refractivity contribution >= 4 is 33.9 Å². The second-order valence-electron chi connectivity index (χ2n) is 8.05. The molecule has 1 saturated heterocycles. The summed E-state index contributed by atoms with van der Waals surface area (Å²) in [6.07, 6.45) is 4.08. The maximum atomic E-state index is 12.8. The van der Waals surface area contributed by atoms with E-state index in [9.17, 15) is 13.2 Å². The highest BCUT2D eigenvalue weighted by atomic mass is 35.5. The van der Waals surface area contributed by atoms with Gasteiger partial charge in [-0.15, -0.1) is 12.4 Å². The van der Waals surface area contributed by atoms with Gasteiger partial charge in [-0.3, -0.25) is 9.52 Å². The van der Waals surface area contributed by atoms with E-state index in [2.05, 4.69) is 33.9 Å². The van der Waals surface area contributed by atoms with Crippen LogP contribution in [0.2, 0.25) is 0 Å². The zero-order chi connectivity index (χ0) is 20.5. The van der Waals surface area contributed by atoms with Gasteiger partial charge in [-0.1, -0.05) is 30.3 Å². The summed E-state index contributed by atoms with van der Waals surface area (Å²) >= 11 is 0. The maximum Gasteiger partial charge on any atom is 0.229 e. The van der Waals surface area contributed by atoms with Crippen molar-refractivity contribution in [3.05, 3.63) is 59.7 Å². The van der Waals surface area contributed by atoms with Gasteiger partial charge in [0.05, 0.1) is 18.2 Å². The Bertz CT molecular complexity index is 1000. The number of nitrogens with zero attached hydrogens (tertiary/aromatic N) is 1. The van der Waals surface area contributed by atoms with Gasteiger partial charge >= 0.3 is 0 Å². The number of carbonyl (C=O) groups excluding carboxylic acids is 1. The van der Waals surface area contributed by atoms with E-state index < -0.39 is 15.6 Å². The van der Waals surface area contributed by atoms with Crippen molar-refractivity contribution in [2.24, 2.45) is 0 Å². The first-order valence-electron chi connectivity index (χ1n) is 9.92. The summed E-state index contributed by atoms with van der Waals surface area (Å²) < 4.78 is 31.6. The number of rotatable bonds is 5. The molecule has 0 saturated carbocycles. The molecule has 2 aromatic rings. The van der Waals surface area contributed by atoms with Gasteiger partial charge in [-0.2, -0.15) is 0 Å². The molecule has 1 fully saturated rings. The van der Waals surface area contributed by atoms with Crippen molar-refractivity contribution in [2.45, 2.75) is 31.3 Å². The molecule has 2 aliphatic heterocycles. The number of ketones is 1. The minimum atomic E-state index is -3.39. The van der Waals surface area contributed by atoms with Gasteiger partial charge in [0.2, 0.25) is 10.0 Å². The highest BCUT2D eigenvalue weighted by Crippen LogP contribution is 2.40. The first kappa shape index (κ1) is 22.6. The van der Waals surface area contributed by atoms with Crippen molar-refractivity contribution in [3.8, 4) is 5.75 Å². The summed E-state index contributed by atoms with van der Waals surface area (Å²) in [5.41, 5.74) is 1.73. The monoisotopic (exact) mass is 450 g/mol. The number of benzene rings is 2. The van der Waals surface area contributed by atoms with Gasteiger partial charge in [-0.25, -0.2) is 8.42 Å². The van der Waals surface area contributed by atoms with E-state index >= 15 is 0 Å². The molecule has 0 bridgehead atoms. The Balaban J connectivity index is 0.00000256. The molecule has 1 N–H and O–H groups in total. The third-order valence-electron chi connectivity index (χ3n) is 5.72. The highest BCUT2D eigenvalue weighted by molar-refractivity contribution is 7.92. The minimum absolute atomic E-state index is 0. The van der Waals surface area contributed by atoms with E-state index in [0.717, 1.165) is 45.2 Å². The van der Waals surface area contributed by atoms with Crippen LogP contribution in [0.4, 0.5) is 5.69 Å². The molecule has 6 nitrogen and oxygen atoms in total. The SMILES string of the molecule is CS(=O)(=O)Nc1ccc2c(c1)C(=O)CC1(CCN(CCc3ccccc3)CC1)O2.Cl. The lowest BCUT2D eigenvalue weighted by Gasteiger charge is -2.44. The van der Waals surface area contributed by atoms with Gasteiger partial charge in [-0.05, 0) is 30.2 Å². The number of ether oxygens (including phenoxy) is 1. The van der Waals surface area contributed by atoms with Crippen LogP contribution in [0.25, 0.3) is 0 Å². The smallest absolute Gasteiger partial charge is 0.229 e. The molecular formula is C22H27ClN2O4S. The molecule has 0 radical (unpaired) electrons. The summed E-state index contributed by atoms with van der Waals surface area (Å²) in [6.45, 7) is 2.82. The van der Waals surface area contributed by atoms with Crippen molar-refractivity contribution < 1.29 is 17.9 Å². The third-order valence-corrected chi connectivity index (χ3v) is 6.33. The number of nitrogens with one attached hydrogen (secondary N) is 1. The lowest BCUT2D eigenvalue weighted by atomic mass is 9.82. The fourth-order valence-corrected chi connectivity index (χ4v) is 4.72. The second kappa shape index (κ2) is 8.96. The largest absolute Gasteiger partial charge is 0.486 e. The Kier molecular flexibility index (Phi) is 6.75. The van der Waals surface area contributed by atoms with E-state index in [4.69, 9.17) is 4.74 Å². The summed E-state index contributed by atoms with van der Waals surface area (Å²) in [6, 6.07) is 15.4. The standard InChI is InChI=1S/C22H26N2O4S.ClH/c1-29(26,27)23-18-7-8-21-19(15-18)20(25)16-22(28-21)10-13-24(14-11-22)12-9-17-5-3-2-4-6-17;/h2-8,15,23H,9-14,16H2,1H3;1H. The third kappa shape index (κ3) is 5.33. The number of fused-ring (bicyclic) bond motifs is 1. The lowest BCUT2D eigenvalue weighted by Crippen LogP contribution is -2.51. The van der Waals surface area contributed by atoms with Gasteiger partial charge in [0.25, 0.3) is 0 Å². The number of sulfonamides is 1. The Morgan fingerprint density at radius 3 is 2.47 bits per heavy atom. The van der Waals surface area contributed by atoms with Crippen LogP contribution >= 0.6 is 12.4 Å². The molecule has 8 heteroatoms. The van der Waals surface area contributed by atoms with Crippen molar-refractivity contribution in [1.29, 1.82) is 0 Å². The Morgan fingerprint density at radius 1 is 1.10 bits per heavy atom. The Morgan fingerprint density at radius 2 is 1.80 bits per heavy atom. The zero-order valence-corrected chi connectivity index (χ0v) is 18.6. The van der Waals surface area contributed by atoms with E-state index in [-0.39, 0.29) is 18.2 Å². The molecular weight excluding hydrogens is 424 g/mol. The summed E-state index contributed by atoms with van der Waals surface area (Å²) in [5.74, 6) is 0.569. The van der Waals surface area contributed by atoms with Crippen LogP contribution < -0.4 is 9.46 Å². The lowest BCUT2D eigenvalue weighted by molar-refractivity contribution is -0.00865. The highest BCUT2D eigenvalue weighted by Gasteiger charge is 2.42. The topological polar surface area (TPSA) is 75.7 Å². The first-order chi connectivity index (χ1) is 13.8. The van der Waals surface area contributed by atoms with E-state index in [1.165, 1.54) is 5.56 Å². The first-order valence-corrected chi connectivity index (χ1v) is 11.8. The fraction of sp³-hybridized carbons (Fsp3) is 0.409. The number of hydrogen-bond donors (Lipinski definition) is 1. The minimum Gasteiger partial charge on any atom is -0.486 e. The fourth-order valence-electron chi connectivity index (χ4n) is 4.17. The number of hydrogen-bond acceptors (Lipinski definition) is 5. The molecule has 0 unspecified atom stereocenters. The van der Waals surface area contributed by atoms with Crippen molar-refractivity contribution in [2.75, 3.05) is 30.6 Å². The number of likely N-dealkylation sites (tertiary alicyclic amines) is 1. The van der Waals surface area contributed by atoms with Crippen LogP contribution in [0.1, 0.15) is 35.2 Å². The van der Waals surface area contributed by atoms with E-state index in [1.807, 2.05) is 6.07 Å². The zero-order valence-electron chi connectivity index (χ0n) is 17.0. The normalized spacial score (nSPS) is 18.2. The predicted octanol–water partition coefficient (Wildman–Crippen LogP) is 3.52. The Hall–Kier alpha value is -2.09. The second-order valence-corrected chi connectivity index (χ2v) is 9.80. The van der Waals surface area contributed by atoms with Gasteiger partial charge < -0.3 is 9.64 Å². The molecule has 4 rings (SSSR count). The average Bonchev–Trinajstić information content (AvgIpc) is 2.68. The van der Waals surface area contributed by atoms with Crippen LogP contribution in [-0.2, 0) is 16.4 Å². The average molecular weight is 451 g/mol. The van der Waals surface area contributed by atoms with Crippen LogP contribution in [0.15, 0.2) is 48.5 Å². The van der Waals surface area contributed by atoms with Gasteiger partial charge in [0.1, 0.15) is 11.4 Å². The molecule has 2 heterocycles. The van der Waals surface area contributed by atoms with Crippen molar-refractivity contribution in [1.82, 2.24) is 4.90 Å². The molecule has 1 spiro atoms. The van der Waals surface area contributed by atoms with Gasteiger partial charge in [0, 0.05) is 38.2 Å². The van der Waals surface area contributed by atoms with E-state index in [1.54, 1.807) is 18.2 Å². The Labute approximate surface area is 184 Å². The number of piperidine rings is 1. The quantitative estimate of drug-likeness (QED) is 0.754. The summed E-state index contributed by atoms with van der Waals surface area (Å²) in [7, 11) is -3.39. The van der Waals surface area contributed by atoms with Crippen LogP contribution in [0, 0.1) is 0 Å². The molecule has 2 aliphatic rings. The molecule has 0 amide bonds. The summed E-state index contributed by atoms with van der Waals surface area (Å²) in [5, 5.41) is 0. The van der Waals surface area contributed by atoms with Crippen LogP contribution in [0.5, 0.6) is 5.75 Å². The number of halogens is 1. The molecule has 0 aliphatic carbocycles.